The Morgan fingerprint density at radius 3 is 1.42 bits per heavy atom. The molecule has 0 bridgehead atoms. The van der Waals surface area contributed by atoms with E-state index in [0.29, 0.717) is 5.75 Å². The lowest BCUT2D eigenvalue weighted by Gasteiger charge is -2.39. The highest BCUT2D eigenvalue weighted by molar-refractivity contribution is 7.80. The van der Waals surface area contributed by atoms with Gasteiger partial charge >= 0.3 is 0 Å². The number of primary amides is 1. The predicted octanol–water partition coefficient (Wildman–Crippen LogP) is 3.35. The number of nitrogens with two attached hydrogens (primary N) is 1. The van der Waals surface area contributed by atoms with Crippen LogP contribution in [0.5, 0.6) is 0 Å². The summed E-state index contributed by atoms with van der Waals surface area (Å²) < 4.78 is 0. The minimum absolute atomic E-state index is 0.309. The van der Waals surface area contributed by atoms with Gasteiger partial charge in [-0.05, 0) is 16.7 Å². The van der Waals surface area contributed by atoms with Crippen molar-refractivity contribution in [3.05, 3.63) is 108 Å². The van der Waals surface area contributed by atoms with E-state index >= 15 is 0 Å². The highest BCUT2D eigenvalue weighted by Gasteiger charge is 2.38. The standard InChI is InChI=1S/C22H22N2OS/c23-21(25)20(16-26)24-22(17-10-4-1-5-11-17,18-12-6-2-7-13-18)19-14-8-3-9-15-19/h1-15,20,24,26H,16H2,(H2,23,25). The number of hydrogen-bond acceptors (Lipinski definition) is 3. The number of nitrogens with one attached hydrogen (secondary N) is 1. The second kappa shape index (κ2) is 8.21. The van der Waals surface area contributed by atoms with E-state index in [2.05, 4.69) is 54.3 Å². The number of benzene rings is 3. The van der Waals surface area contributed by atoms with Gasteiger partial charge in [0.25, 0.3) is 0 Å². The molecule has 26 heavy (non-hydrogen) atoms. The summed E-state index contributed by atoms with van der Waals surface area (Å²) in [6.45, 7) is 0. The fourth-order valence-corrected chi connectivity index (χ4v) is 3.55. The third kappa shape index (κ3) is 3.52. The molecule has 1 unspecified atom stereocenters. The van der Waals surface area contributed by atoms with E-state index in [1.165, 1.54) is 0 Å². The number of thiol groups is 1. The Balaban J connectivity index is 2.29. The Labute approximate surface area is 159 Å². The van der Waals surface area contributed by atoms with Crippen LogP contribution in [0, 0.1) is 0 Å². The van der Waals surface area contributed by atoms with Crippen molar-refractivity contribution in [3.63, 3.8) is 0 Å². The molecule has 0 heterocycles. The van der Waals surface area contributed by atoms with Crippen LogP contribution in [0.2, 0.25) is 0 Å². The molecular formula is C22H22N2OS. The van der Waals surface area contributed by atoms with Crippen LogP contribution in [0.4, 0.5) is 0 Å². The lowest BCUT2D eigenvalue weighted by Crippen LogP contribution is -2.55. The summed E-state index contributed by atoms with van der Waals surface area (Å²) in [6, 6.07) is 29.7. The van der Waals surface area contributed by atoms with E-state index < -0.39 is 17.5 Å². The molecule has 0 aromatic heterocycles. The molecule has 0 saturated carbocycles. The quantitative estimate of drug-likeness (QED) is 0.446. The van der Waals surface area contributed by atoms with E-state index in [0.717, 1.165) is 16.7 Å². The fraction of sp³-hybridized carbons (Fsp3) is 0.136. The maximum absolute atomic E-state index is 12.0. The second-order valence-electron chi connectivity index (χ2n) is 6.13. The maximum atomic E-state index is 12.0. The van der Waals surface area contributed by atoms with Gasteiger partial charge in [-0.15, -0.1) is 0 Å². The van der Waals surface area contributed by atoms with Crippen molar-refractivity contribution in [2.75, 3.05) is 5.75 Å². The number of hydrogen-bond donors (Lipinski definition) is 3. The zero-order valence-corrected chi connectivity index (χ0v) is 15.3. The highest BCUT2D eigenvalue weighted by atomic mass is 32.1. The summed E-state index contributed by atoms with van der Waals surface area (Å²) in [5.74, 6) is -0.115. The van der Waals surface area contributed by atoms with Crippen LogP contribution in [-0.4, -0.2) is 17.7 Å². The molecule has 0 fully saturated rings. The minimum atomic E-state index is -0.716. The molecular weight excluding hydrogens is 340 g/mol. The molecule has 4 heteroatoms. The van der Waals surface area contributed by atoms with Crippen molar-refractivity contribution in [3.8, 4) is 0 Å². The van der Waals surface area contributed by atoms with Crippen molar-refractivity contribution < 1.29 is 4.79 Å². The predicted molar refractivity (Wildman–Crippen MR) is 109 cm³/mol. The molecule has 1 amide bonds. The first kappa shape index (κ1) is 18.2. The van der Waals surface area contributed by atoms with Crippen molar-refractivity contribution in [2.24, 2.45) is 5.73 Å². The van der Waals surface area contributed by atoms with Crippen molar-refractivity contribution in [1.29, 1.82) is 0 Å². The topological polar surface area (TPSA) is 55.1 Å². The van der Waals surface area contributed by atoms with Crippen LogP contribution < -0.4 is 11.1 Å². The minimum Gasteiger partial charge on any atom is -0.368 e. The molecule has 0 aliphatic heterocycles. The lowest BCUT2D eigenvalue weighted by molar-refractivity contribution is -0.119. The third-order valence-electron chi connectivity index (χ3n) is 4.54. The molecule has 0 aliphatic rings. The Morgan fingerprint density at radius 2 is 1.15 bits per heavy atom. The molecule has 3 N–H and O–H groups in total. The van der Waals surface area contributed by atoms with Crippen LogP contribution in [0.15, 0.2) is 91.0 Å². The van der Waals surface area contributed by atoms with Gasteiger partial charge in [0.2, 0.25) is 5.91 Å². The van der Waals surface area contributed by atoms with E-state index in [1.807, 2.05) is 54.6 Å². The van der Waals surface area contributed by atoms with E-state index in [9.17, 15) is 4.79 Å². The maximum Gasteiger partial charge on any atom is 0.235 e. The van der Waals surface area contributed by atoms with Crippen LogP contribution in [-0.2, 0) is 10.3 Å². The summed E-state index contributed by atoms with van der Waals surface area (Å²) in [7, 11) is 0. The van der Waals surface area contributed by atoms with Gasteiger partial charge in [-0.3, -0.25) is 10.1 Å². The SMILES string of the molecule is NC(=O)C(CS)NC(c1ccccc1)(c1ccccc1)c1ccccc1. The van der Waals surface area contributed by atoms with E-state index in [4.69, 9.17) is 5.73 Å². The van der Waals surface area contributed by atoms with E-state index in [-0.39, 0.29) is 0 Å². The van der Waals surface area contributed by atoms with Crippen LogP contribution in [0.1, 0.15) is 16.7 Å². The summed E-state index contributed by atoms with van der Waals surface area (Å²) in [4.78, 5) is 12.0. The largest absolute Gasteiger partial charge is 0.368 e. The average molecular weight is 362 g/mol. The zero-order chi connectivity index (χ0) is 18.4. The number of carbonyl (C=O) groups excluding carboxylic acids is 1. The van der Waals surface area contributed by atoms with Crippen LogP contribution in [0.25, 0.3) is 0 Å². The molecule has 0 radical (unpaired) electrons. The van der Waals surface area contributed by atoms with Crippen molar-refractivity contribution >= 4 is 18.5 Å². The molecule has 132 valence electrons. The lowest BCUT2D eigenvalue weighted by atomic mass is 9.76. The van der Waals surface area contributed by atoms with Gasteiger partial charge in [-0.1, -0.05) is 91.0 Å². The van der Waals surface area contributed by atoms with Gasteiger partial charge < -0.3 is 5.73 Å². The Morgan fingerprint density at radius 1 is 0.808 bits per heavy atom. The zero-order valence-electron chi connectivity index (χ0n) is 14.4. The Bertz CT molecular complexity index is 741. The molecule has 0 aliphatic carbocycles. The molecule has 3 nitrogen and oxygen atoms in total. The number of amides is 1. The highest BCUT2D eigenvalue weighted by Crippen LogP contribution is 2.37. The first-order valence-electron chi connectivity index (χ1n) is 8.53. The molecule has 3 aromatic carbocycles. The molecule has 1 atom stereocenters. The van der Waals surface area contributed by atoms with Gasteiger partial charge in [0, 0.05) is 5.75 Å². The van der Waals surface area contributed by atoms with Crippen molar-refractivity contribution in [2.45, 2.75) is 11.6 Å². The van der Waals surface area contributed by atoms with Gasteiger partial charge in [-0.25, -0.2) is 0 Å². The summed E-state index contributed by atoms with van der Waals surface area (Å²) >= 11 is 4.34. The second-order valence-corrected chi connectivity index (χ2v) is 6.50. The van der Waals surface area contributed by atoms with E-state index in [1.54, 1.807) is 0 Å². The summed E-state index contributed by atoms with van der Waals surface area (Å²) in [5, 5.41) is 3.51. The van der Waals surface area contributed by atoms with Gasteiger partial charge in [0.1, 0.15) is 0 Å². The third-order valence-corrected chi connectivity index (χ3v) is 4.90. The summed E-state index contributed by atoms with van der Waals surface area (Å²) in [5.41, 5.74) is 8.02. The fourth-order valence-electron chi connectivity index (χ4n) is 3.28. The van der Waals surface area contributed by atoms with Crippen LogP contribution in [0.3, 0.4) is 0 Å². The normalized spacial score (nSPS) is 12.5. The molecule has 0 spiro atoms. The monoisotopic (exact) mass is 362 g/mol. The van der Waals surface area contributed by atoms with Crippen molar-refractivity contribution in [1.82, 2.24) is 5.32 Å². The Kier molecular flexibility index (Phi) is 5.76. The molecule has 3 aromatic rings. The Hall–Kier alpha value is -2.56. The molecule has 3 rings (SSSR count). The van der Waals surface area contributed by atoms with Crippen LogP contribution >= 0.6 is 12.6 Å². The summed E-state index contributed by atoms with van der Waals surface area (Å²) in [6.07, 6.45) is 0. The average Bonchev–Trinajstić information content (AvgIpc) is 2.71. The van der Waals surface area contributed by atoms with Gasteiger partial charge in [0.15, 0.2) is 0 Å². The van der Waals surface area contributed by atoms with Gasteiger partial charge in [-0.2, -0.15) is 12.6 Å². The number of rotatable bonds is 7. The van der Waals surface area contributed by atoms with Gasteiger partial charge in [0.05, 0.1) is 11.6 Å². The molecule has 0 saturated heterocycles. The smallest absolute Gasteiger partial charge is 0.235 e. The first-order chi connectivity index (χ1) is 12.7. The first-order valence-corrected chi connectivity index (χ1v) is 9.16. The number of carbonyl (C=O) groups is 1.